The lowest BCUT2D eigenvalue weighted by Gasteiger charge is -2.12. The molecule has 0 spiro atoms. The van der Waals surface area contributed by atoms with Gasteiger partial charge in [0.15, 0.2) is 10.1 Å². The van der Waals surface area contributed by atoms with E-state index in [9.17, 15) is 4.79 Å². The van der Waals surface area contributed by atoms with Crippen LogP contribution in [0.1, 0.15) is 32.9 Å². The van der Waals surface area contributed by atoms with Gasteiger partial charge in [0, 0.05) is 22.6 Å². The summed E-state index contributed by atoms with van der Waals surface area (Å²) in [6.07, 6.45) is 0. The molecule has 0 N–H and O–H groups in total. The van der Waals surface area contributed by atoms with Crippen molar-refractivity contribution in [3.05, 3.63) is 57.9 Å². The normalized spacial score (nSPS) is 11.0. The Morgan fingerprint density at radius 1 is 1.12 bits per heavy atom. The molecule has 0 amide bonds. The summed E-state index contributed by atoms with van der Waals surface area (Å²) in [4.78, 5) is 12.6. The van der Waals surface area contributed by atoms with E-state index in [1.165, 1.54) is 34.2 Å². The van der Waals surface area contributed by atoms with Crippen molar-refractivity contribution in [2.24, 2.45) is 0 Å². The molecule has 4 nitrogen and oxygen atoms in total. The van der Waals surface area contributed by atoms with Crippen LogP contribution >= 0.6 is 23.1 Å². The molecule has 0 radical (unpaired) electrons. The standard InChI is InChI=1S/C18H19N3OS2/c1-11-5-12(2)7-15(6-11)21-13(3)8-16(14(21)4)17(22)9-23-18-20-19-10-24-18/h5-8,10H,9H2,1-4H3. The zero-order chi connectivity index (χ0) is 17.3. The molecule has 0 fully saturated rings. The quantitative estimate of drug-likeness (QED) is 0.497. The van der Waals surface area contributed by atoms with Gasteiger partial charge in [-0.05, 0) is 57.0 Å². The highest BCUT2D eigenvalue weighted by Crippen LogP contribution is 2.25. The van der Waals surface area contributed by atoms with E-state index in [-0.39, 0.29) is 5.78 Å². The minimum Gasteiger partial charge on any atom is -0.318 e. The number of aromatic nitrogens is 3. The van der Waals surface area contributed by atoms with E-state index < -0.39 is 0 Å². The van der Waals surface area contributed by atoms with Crippen LogP contribution in [0, 0.1) is 27.7 Å². The minimum absolute atomic E-state index is 0.124. The summed E-state index contributed by atoms with van der Waals surface area (Å²) in [5, 5.41) is 7.77. The zero-order valence-electron chi connectivity index (χ0n) is 14.2. The molecule has 0 atom stereocenters. The molecular weight excluding hydrogens is 338 g/mol. The molecule has 3 rings (SSSR count). The van der Waals surface area contributed by atoms with Gasteiger partial charge in [-0.25, -0.2) is 0 Å². The summed E-state index contributed by atoms with van der Waals surface area (Å²) in [6, 6.07) is 8.44. The molecule has 0 aliphatic heterocycles. The molecule has 2 aromatic heterocycles. The first-order valence-corrected chi connectivity index (χ1v) is 9.52. The monoisotopic (exact) mass is 357 g/mol. The highest BCUT2D eigenvalue weighted by Gasteiger charge is 2.17. The van der Waals surface area contributed by atoms with Gasteiger partial charge in [0.05, 0.1) is 5.75 Å². The van der Waals surface area contributed by atoms with Crippen LogP contribution in [0.5, 0.6) is 0 Å². The van der Waals surface area contributed by atoms with Crippen LogP contribution in [0.4, 0.5) is 0 Å². The summed E-state index contributed by atoms with van der Waals surface area (Å²) >= 11 is 2.90. The molecular formula is C18H19N3OS2. The Kier molecular flexibility index (Phi) is 4.87. The second-order valence-electron chi connectivity index (χ2n) is 5.88. The van der Waals surface area contributed by atoms with Gasteiger partial charge in [-0.2, -0.15) is 0 Å². The first-order chi connectivity index (χ1) is 11.5. The van der Waals surface area contributed by atoms with Gasteiger partial charge in [-0.15, -0.1) is 10.2 Å². The number of rotatable bonds is 5. The fourth-order valence-corrected chi connectivity index (χ4v) is 4.32. The molecule has 0 bridgehead atoms. The number of hydrogen-bond donors (Lipinski definition) is 0. The topological polar surface area (TPSA) is 47.8 Å². The fraction of sp³-hybridized carbons (Fsp3) is 0.278. The Bertz CT molecular complexity index is 862. The second-order valence-corrected chi connectivity index (χ2v) is 7.94. The van der Waals surface area contributed by atoms with Gasteiger partial charge in [0.1, 0.15) is 5.51 Å². The Hall–Kier alpha value is -1.92. The molecule has 0 unspecified atom stereocenters. The molecule has 6 heteroatoms. The third-order valence-corrected chi connectivity index (χ3v) is 5.72. The first kappa shape index (κ1) is 16.9. The van der Waals surface area contributed by atoms with Crippen molar-refractivity contribution in [3.8, 4) is 5.69 Å². The lowest BCUT2D eigenvalue weighted by atomic mass is 10.1. The summed E-state index contributed by atoms with van der Waals surface area (Å²) in [5.74, 6) is 0.505. The van der Waals surface area contributed by atoms with Gasteiger partial charge < -0.3 is 4.57 Å². The number of Topliss-reactive ketones (excluding diaryl/α,β-unsaturated/α-hetero) is 1. The van der Waals surface area contributed by atoms with Crippen molar-refractivity contribution in [1.82, 2.24) is 14.8 Å². The number of hydrogen-bond acceptors (Lipinski definition) is 5. The molecule has 2 heterocycles. The average molecular weight is 358 g/mol. The second kappa shape index (κ2) is 6.91. The van der Waals surface area contributed by atoms with Crippen LogP contribution in [0.2, 0.25) is 0 Å². The summed E-state index contributed by atoms with van der Waals surface area (Å²) in [5.41, 5.74) is 8.07. The van der Waals surface area contributed by atoms with Crippen LogP contribution in [0.25, 0.3) is 5.69 Å². The molecule has 3 aromatic rings. The Morgan fingerprint density at radius 3 is 2.46 bits per heavy atom. The predicted octanol–water partition coefficient (Wildman–Crippen LogP) is 4.54. The molecule has 0 aliphatic carbocycles. The summed E-state index contributed by atoms with van der Waals surface area (Å²) in [7, 11) is 0. The smallest absolute Gasteiger partial charge is 0.174 e. The van der Waals surface area contributed by atoms with Crippen LogP contribution < -0.4 is 0 Å². The van der Waals surface area contributed by atoms with Crippen molar-refractivity contribution < 1.29 is 4.79 Å². The fourth-order valence-electron chi connectivity index (χ4n) is 2.95. The molecule has 0 saturated heterocycles. The number of carbonyl (C=O) groups excluding carboxylic acids is 1. The number of nitrogens with zero attached hydrogens (tertiary/aromatic N) is 3. The highest BCUT2D eigenvalue weighted by atomic mass is 32.2. The Balaban J connectivity index is 1.89. The summed E-state index contributed by atoms with van der Waals surface area (Å²) in [6.45, 7) is 8.23. The van der Waals surface area contributed by atoms with Gasteiger partial charge in [0.2, 0.25) is 0 Å². The lowest BCUT2D eigenvalue weighted by molar-refractivity contribution is 0.102. The molecule has 24 heavy (non-hydrogen) atoms. The van der Waals surface area contributed by atoms with E-state index >= 15 is 0 Å². The maximum Gasteiger partial charge on any atom is 0.174 e. The van der Waals surface area contributed by atoms with E-state index in [0.29, 0.717) is 5.75 Å². The van der Waals surface area contributed by atoms with Crippen molar-refractivity contribution in [3.63, 3.8) is 0 Å². The molecule has 0 saturated carbocycles. The number of carbonyl (C=O) groups is 1. The third kappa shape index (κ3) is 3.44. The van der Waals surface area contributed by atoms with Gasteiger partial charge in [-0.3, -0.25) is 4.79 Å². The largest absolute Gasteiger partial charge is 0.318 e. The first-order valence-electron chi connectivity index (χ1n) is 7.65. The van der Waals surface area contributed by atoms with Crippen LogP contribution in [0.3, 0.4) is 0 Å². The van der Waals surface area contributed by atoms with Crippen molar-refractivity contribution in [2.45, 2.75) is 32.0 Å². The van der Waals surface area contributed by atoms with Crippen LogP contribution in [0.15, 0.2) is 34.1 Å². The molecule has 1 aromatic carbocycles. The minimum atomic E-state index is 0.124. The summed E-state index contributed by atoms with van der Waals surface area (Å²) < 4.78 is 2.98. The Morgan fingerprint density at radius 2 is 1.83 bits per heavy atom. The third-order valence-electron chi connectivity index (χ3n) is 3.86. The van der Waals surface area contributed by atoms with E-state index in [1.54, 1.807) is 5.51 Å². The van der Waals surface area contributed by atoms with Crippen LogP contribution in [-0.4, -0.2) is 26.3 Å². The molecule has 124 valence electrons. The SMILES string of the molecule is Cc1cc(C)cc(-n2c(C)cc(C(=O)CSc3nncs3)c2C)c1. The molecule has 0 aliphatic rings. The van der Waals surface area contributed by atoms with E-state index in [4.69, 9.17) is 0 Å². The van der Waals surface area contributed by atoms with Crippen molar-refractivity contribution >= 4 is 28.9 Å². The Labute approximate surface area is 149 Å². The number of ketones is 1. The predicted molar refractivity (Wildman–Crippen MR) is 99.7 cm³/mol. The number of thioether (sulfide) groups is 1. The number of benzene rings is 1. The zero-order valence-corrected chi connectivity index (χ0v) is 15.8. The van der Waals surface area contributed by atoms with Gasteiger partial charge >= 0.3 is 0 Å². The lowest BCUT2D eigenvalue weighted by Crippen LogP contribution is -2.06. The van der Waals surface area contributed by atoms with Crippen molar-refractivity contribution in [1.29, 1.82) is 0 Å². The van der Waals surface area contributed by atoms with Gasteiger partial charge in [0.25, 0.3) is 0 Å². The highest BCUT2D eigenvalue weighted by molar-refractivity contribution is 8.01. The van der Waals surface area contributed by atoms with E-state index in [2.05, 4.69) is 46.8 Å². The van der Waals surface area contributed by atoms with E-state index in [0.717, 1.165) is 27.0 Å². The van der Waals surface area contributed by atoms with Gasteiger partial charge in [-0.1, -0.05) is 29.2 Å². The maximum atomic E-state index is 12.6. The van der Waals surface area contributed by atoms with E-state index in [1.807, 2.05) is 19.9 Å². The maximum absolute atomic E-state index is 12.6. The number of aryl methyl sites for hydroxylation is 3. The van der Waals surface area contributed by atoms with Crippen molar-refractivity contribution in [2.75, 3.05) is 5.75 Å². The van der Waals surface area contributed by atoms with Crippen LogP contribution in [-0.2, 0) is 0 Å². The average Bonchev–Trinajstić information content (AvgIpc) is 3.12.